The lowest BCUT2D eigenvalue weighted by atomic mass is 9.86. The molecule has 6 nitrogen and oxygen atoms in total. The largest absolute Gasteiger partial charge is 0.378 e. The summed E-state index contributed by atoms with van der Waals surface area (Å²) in [5.74, 6) is 0.718. The fraction of sp³-hybridized carbons (Fsp3) is 0.292. The molecule has 3 aromatic rings. The van der Waals surface area contributed by atoms with Crippen molar-refractivity contribution in [1.82, 2.24) is 19.7 Å². The van der Waals surface area contributed by atoms with E-state index in [1.165, 1.54) is 0 Å². The molecule has 2 aromatic carbocycles. The van der Waals surface area contributed by atoms with Crippen LogP contribution < -0.4 is 0 Å². The number of aromatic nitrogens is 3. The number of fused-ring (bicyclic) bond motifs is 3. The molecule has 0 aliphatic carbocycles. The molecule has 1 saturated heterocycles. The molecule has 1 fully saturated rings. The van der Waals surface area contributed by atoms with Crippen molar-refractivity contribution in [2.75, 3.05) is 26.3 Å². The lowest BCUT2D eigenvalue weighted by Crippen LogP contribution is -2.41. The number of halogens is 1. The second-order valence-corrected chi connectivity index (χ2v) is 8.33. The van der Waals surface area contributed by atoms with Crippen LogP contribution in [-0.4, -0.2) is 51.9 Å². The van der Waals surface area contributed by atoms with Gasteiger partial charge in [-0.15, -0.1) is 10.2 Å². The van der Waals surface area contributed by atoms with E-state index < -0.39 is 0 Å². The third kappa shape index (κ3) is 3.66. The smallest absolute Gasteiger partial charge is 0.223 e. The summed E-state index contributed by atoms with van der Waals surface area (Å²) in [6.07, 6.45) is 2.08. The first kappa shape index (κ1) is 20.0. The Bertz CT molecular complexity index is 1150. The molecule has 1 amide bonds. The summed E-state index contributed by atoms with van der Waals surface area (Å²) in [6, 6.07) is 16.1. The molecule has 2 aliphatic rings. The minimum Gasteiger partial charge on any atom is -0.378 e. The maximum absolute atomic E-state index is 13.2. The second-order valence-electron chi connectivity index (χ2n) is 7.89. The van der Waals surface area contributed by atoms with E-state index in [4.69, 9.17) is 16.3 Å². The summed E-state index contributed by atoms with van der Waals surface area (Å²) in [5, 5.41) is 9.33. The molecule has 0 bridgehead atoms. The summed E-state index contributed by atoms with van der Waals surface area (Å²) in [5.41, 5.74) is 5.37. The van der Waals surface area contributed by atoms with E-state index in [9.17, 15) is 4.79 Å². The monoisotopic (exact) mass is 434 g/mol. The zero-order valence-electron chi connectivity index (χ0n) is 17.3. The van der Waals surface area contributed by atoms with Crippen molar-refractivity contribution < 1.29 is 9.53 Å². The van der Waals surface area contributed by atoms with E-state index in [0.717, 1.165) is 33.8 Å². The van der Waals surface area contributed by atoms with Crippen LogP contribution in [0.25, 0.3) is 11.3 Å². The third-order valence-corrected chi connectivity index (χ3v) is 6.36. The standard InChI is InChI=1S/C24H23ClN4O2/c1-16-20(14-22(30)28-10-12-31-13-11-28)24-27-26-15-29(24)21-5-3-2-4-19(21)23(16)17-6-8-18(25)9-7-17/h2-9,15,20H,10-14H2,1H3. The number of hydrogen-bond donors (Lipinski definition) is 0. The van der Waals surface area contributed by atoms with Gasteiger partial charge in [-0.2, -0.15) is 0 Å². The van der Waals surface area contributed by atoms with E-state index >= 15 is 0 Å². The zero-order chi connectivity index (χ0) is 21.4. The first-order valence-electron chi connectivity index (χ1n) is 10.5. The third-order valence-electron chi connectivity index (χ3n) is 6.11. The Balaban J connectivity index is 1.65. The van der Waals surface area contributed by atoms with Crippen molar-refractivity contribution in [2.45, 2.75) is 19.3 Å². The van der Waals surface area contributed by atoms with Crippen molar-refractivity contribution in [3.63, 3.8) is 0 Å². The Morgan fingerprint density at radius 2 is 1.87 bits per heavy atom. The lowest BCUT2D eigenvalue weighted by molar-refractivity contribution is -0.135. The molecule has 1 unspecified atom stereocenters. The van der Waals surface area contributed by atoms with Crippen LogP contribution in [0.15, 0.2) is 60.4 Å². The minimum atomic E-state index is -0.184. The number of allylic oxidation sites excluding steroid dienone is 1. The van der Waals surface area contributed by atoms with Gasteiger partial charge in [-0.25, -0.2) is 0 Å². The molecular formula is C24H23ClN4O2. The highest BCUT2D eigenvalue weighted by atomic mass is 35.5. The quantitative estimate of drug-likeness (QED) is 0.623. The Labute approximate surface area is 186 Å². The van der Waals surface area contributed by atoms with Crippen LogP contribution in [0, 0.1) is 0 Å². The van der Waals surface area contributed by atoms with Gasteiger partial charge in [0.1, 0.15) is 12.2 Å². The molecule has 1 atom stereocenters. The Morgan fingerprint density at radius 3 is 2.65 bits per heavy atom. The van der Waals surface area contributed by atoms with Crippen molar-refractivity contribution in [2.24, 2.45) is 0 Å². The van der Waals surface area contributed by atoms with Crippen LogP contribution in [0.5, 0.6) is 0 Å². The molecule has 5 rings (SSSR count). The number of carbonyl (C=O) groups is 1. The molecular weight excluding hydrogens is 412 g/mol. The van der Waals surface area contributed by atoms with Crippen LogP contribution in [-0.2, 0) is 9.53 Å². The van der Waals surface area contributed by atoms with Crippen LogP contribution in [0.2, 0.25) is 5.02 Å². The Kier molecular flexibility index (Phi) is 5.34. The summed E-state index contributed by atoms with van der Waals surface area (Å²) >= 11 is 6.16. The molecule has 0 N–H and O–H groups in total. The van der Waals surface area contributed by atoms with Crippen LogP contribution in [0.3, 0.4) is 0 Å². The van der Waals surface area contributed by atoms with Gasteiger partial charge in [0.25, 0.3) is 0 Å². The van der Waals surface area contributed by atoms with Gasteiger partial charge in [0.2, 0.25) is 5.91 Å². The number of benzene rings is 2. The summed E-state index contributed by atoms with van der Waals surface area (Å²) in [6.45, 7) is 4.53. The maximum Gasteiger partial charge on any atom is 0.223 e. The predicted molar refractivity (Wildman–Crippen MR) is 119 cm³/mol. The number of morpholine rings is 1. The molecule has 0 radical (unpaired) electrons. The van der Waals surface area contributed by atoms with E-state index in [1.54, 1.807) is 6.33 Å². The molecule has 31 heavy (non-hydrogen) atoms. The minimum absolute atomic E-state index is 0.114. The van der Waals surface area contributed by atoms with Crippen molar-refractivity contribution in [1.29, 1.82) is 0 Å². The molecule has 0 spiro atoms. The molecule has 7 heteroatoms. The number of rotatable bonds is 3. The van der Waals surface area contributed by atoms with Gasteiger partial charge in [-0.05, 0) is 36.3 Å². The average molecular weight is 435 g/mol. The number of carbonyl (C=O) groups excluding carboxylic acids is 1. The van der Waals surface area contributed by atoms with Crippen molar-refractivity contribution >= 4 is 23.1 Å². The lowest BCUT2D eigenvalue weighted by Gasteiger charge is -2.28. The molecule has 1 aromatic heterocycles. The van der Waals surface area contributed by atoms with Gasteiger partial charge < -0.3 is 9.64 Å². The highest BCUT2D eigenvalue weighted by molar-refractivity contribution is 6.30. The Morgan fingerprint density at radius 1 is 1.13 bits per heavy atom. The predicted octanol–water partition coefficient (Wildman–Crippen LogP) is 4.09. The van der Waals surface area contributed by atoms with Gasteiger partial charge in [0, 0.05) is 36.0 Å². The van der Waals surface area contributed by atoms with E-state index in [2.05, 4.69) is 29.3 Å². The van der Waals surface area contributed by atoms with Gasteiger partial charge in [-0.1, -0.05) is 47.5 Å². The maximum atomic E-state index is 13.2. The van der Waals surface area contributed by atoms with Gasteiger partial charge in [-0.3, -0.25) is 9.36 Å². The normalized spacial score (nSPS) is 18.4. The highest BCUT2D eigenvalue weighted by Crippen LogP contribution is 2.42. The SMILES string of the molecule is CC1=C(c2ccc(Cl)cc2)c2ccccc2-n2cnnc2C1CC(=O)N1CCOCC1. The van der Waals surface area contributed by atoms with Crippen LogP contribution >= 0.6 is 11.6 Å². The summed E-state index contributed by atoms with van der Waals surface area (Å²) in [4.78, 5) is 15.1. The number of amides is 1. The summed E-state index contributed by atoms with van der Waals surface area (Å²) in [7, 11) is 0. The molecule has 158 valence electrons. The first-order valence-corrected chi connectivity index (χ1v) is 10.8. The topological polar surface area (TPSA) is 60.2 Å². The number of para-hydroxylation sites is 1. The van der Waals surface area contributed by atoms with Gasteiger partial charge in [0.15, 0.2) is 0 Å². The fourth-order valence-corrected chi connectivity index (χ4v) is 4.63. The molecule has 3 heterocycles. The number of nitrogens with zero attached hydrogens (tertiary/aromatic N) is 4. The summed E-state index contributed by atoms with van der Waals surface area (Å²) < 4.78 is 7.42. The second kappa shape index (κ2) is 8.29. The Hall–Kier alpha value is -2.96. The van der Waals surface area contributed by atoms with Crippen molar-refractivity contribution in [3.8, 4) is 5.69 Å². The van der Waals surface area contributed by atoms with E-state index in [0.29, 0.717) is 37.7 Å². The van der Waals surface area contributed by atoms with Gasteiger partial charge >= 0.3 is 0 Å². The zero-order valence-corrected chi connectivity index (χ0v) is 18.0. The van der Waals surface area contributed by atoms with Gasteiger partial charge in [0.05, 0.1) is 18.9 Å². The van der Waals surface area contributed by atoms with E-state index in [-0.39, 0.29) is 11.8 Å². The fourth-order valence-electron chi connectivity index (χ4n) is 4.50. The average Bonchev–Trinajstić information content (AvgIpc) is 3.26. The number of hydrogen-bond acceptors (Lipinski definition) is 4. The van der Waals surface area contributed by atoms with Crippen molar-refractivity contribution in [3.05, 3.63) is 82.4 Å². The van der Waals surface area contributed by atoms with Crippen LogP contribution in [0.1, 0.15) is 36.2 Å². The van der Waals surface area contributed by atoms with Crippen LogP contribution in [0.4, 0.5) is 0 Å². The first-order chi connectivity index (χ1) is 15.1. The highest BCUT2D eigenvalue weighted by Gasteiger charge is 2.32. The molecule has 2 aliphatic heterocycles. The molecule has 0 saturated carbocycles. The number of ether oxygens (including phenoxy) is 1. The van der Waals surface area contributed by atoms with E-state index in [1.807, 2.05) is 45.9 Å².